The molecule has 1 N–H and O–H groups in total. The normalized spacial score (nSPS) is 34.3. The molecule has 96 valence electrons. The second kappa shape index (κ2) is 6.02. The molecule has 1 saturated heterocycles. The van der Waals surface area contributed by atoms with E-state index in [1.54, 1.807) is 0 Å². The maximum Gasteiger partial charge on any atom is 0.0195 e. The van der Waals surface area contributed by atoms with E-state index in [0.29, 0.717) is 12.1 Å². The van der Waals surface area contributed by atoms with Crippen molar-refractivity contribution < 1.29 is 0 Å². The van der Waals surface area contributed by atoms with Crippen LogP contribution in [0.1, 0.15) is 48.0 Å². The highest BCUT2D eigenvalue weighted by atomic mass is 15.2. The van der Waals surface area contributed by atoms with E-state index in [4.69, 9.17) is 0 Å². The maximum absolute atomic E-state index is 3.55. The molecular weight excluding hydrogens is 196 g/mol. The van der Waals surface area contributed by atoms with Gasteiger partial charge >= 0.3 is 0 Å². The molecule has 0 saturated carbocycles. The minimum Gasteiger partial charge on any atom is -0.313 e. The Balaban J connectivity index is 2.49. The summed E-state index contributed by atoms with van der Waals surface area (Å²) < 4.78 is 0. The number of rotatable bonds is 4. The second-order valence-electron chi connectivity index (χ2n) is 6.17. The van der Waals surface area contributed by atoms with Crippen molar-refractivity contribution in [3.8, 4) is 0 Å². The minimum absolute atomic E-state index is 0.595. The summed E-state index contributed by atoms with van der Waals surface area (Å²) in [6, 6.07) is 1.99. The van der Waals surface area contributed by atoms with Crippen LogP contribution in [0.15, 0.2) is 0 Å². The third-order valence-corrected chi connectivity index (χ3v) is 4.03. The lowest BCUT2D eigenvalue weighted by Gasteiger charge is -2.44. The molecule has 0 aromatic carbocycles. The van der Waals surface area contributed by atoms with Crippen molar-refractivity contribution in [2.24, 2.45) is 11.8 Å². The van der Waals surface area contributed by atoms with E-state index >= 15 is 0 Å². The number of piperidine rings is 1. The average molecular weight is 226 g/mol. The average Bonchev–Trinajstić information content (AvgIpc) is 2.19. The molecule has 0 amide bonds. The molecule has 0 spiro atoms. The van der Waals surface area contributed by atoms with Crippen molar-refractivity contribution in [2.75, 3.05) is 13.1 Å². The Hall–Kier alpha value is -0.0800. The highest BCUT2D eigenvalue weighted by Crippen LogP contribution is 2.28. The fourth-order valence-electron chi connectivity index (χ4n) is 2.86. The quantitative estimate of drug-likeness (QED) is 0.793. The molecule has 0 aromatic heterocycles. The van der Waals surface area contributed by atoms with Crippen molar-refractivity contribution in [2.45, 2.75) is 66.1 Å². The van der Waals surface area contributed by atoms with Crippen LogP contribution in [-0.4, -0.2) is 36.1 Å². The molecule has 2 nitrogen and oxygen atoms in total. The van der Waals surface area contributed by atoms with E-state index in [1.165, 1.54) is 13.0 Å². The third-order valence-electron chi connectivity index (χ3n) is 4.03. The molecule has 4 atom stereocenters. The van der Waals surface area contributed by atoms with Gasteiger partial charge in [0.25, 0.3) is 0 Å². The van der Waals surface area contributed by atoms with Crippen molar-refractivity contribution in [3.05, 3.63) is 0 Å². The predicted molar refractivity (Wildman–Crippen MR) is 71.7 cm³/mol. The predicted octanol–water partition coefficient (Wildman–Crippen LogP) is 2.74. The van der Waals surface area contributed by atoms with Crippen LogP contribution < -0.4 is 5.32 Å². The topological polar surface area (TPSA) is 15.3 Å². The van der Waals surface area contributed by atoms with Crippen LogP contribution in [0.3, 0.4) is 0 Å². The van der Waals surface area contributed by atoms with Crippen LogP contribution in [0, 0.1) is 11.8 Å². The van der Waals surface area contributed by atoms with E-state index in [0.717, 1.165) is 24.4 Å². The fraction of sp³-hybridized carbons (Fsp3) is 1.00. The number of likely N-dealkylation sites (tertiary alicyclic amines) is 1. The van der Waals surface area contributed by atoms with Gasteiger partial charge in [0, 0.05) is 31.2 Å². The smallest absolute Gasteiger partial charge is 0.0195 e. The molecular formula is C14H30N2. The van der Waals surface area contributed by atoms with Gasteiger partial charge in [0.15, 0.2) is 0 Å². The highest BCUT2D eigenvalue weighted by molar-refractivity contribution is 4.85. The summed E-state index contributed by atoms with van der Waals surface area (Å²) >= 11 is 0. The van der Waals surface area contributed by atoms with Crippen LogP contribution >= 0.6 is 0 Å². The van der Waals surface area contributed by atoms with E-state index in [-0.39, 0.29) is 0 Å². The highest BCUT2D eigenvalue weighted by Gasteiger charge is 2.31. The third kappa shape index (κ3) is 3.74. The molecule has 4 unspecified atom stereocenters. The Morgan fingerprint density at radius 2 is 1.81 bits per heavy atom. The molecule has 2 heteroatoms. The van der Waals surface area contributed by atoms with Gasteiger partial charge in [0.2, 0.25) is 0 Å². The standard InChI is InChI=1S/C14H30N2/c1-10(2)15-8-13(5)16-9-11(3)7-12(4)14(16)6/h10-15H,7-9H2,1-6H3. The van der Waals surface area contributed by atoms with E-state index in [2.05, 4.69) is 51.8 Å². The second-order valence-corrected chi connectivity index (χ2v) is 6.17. The number of hydrogen-bond donors (Lipinski definition) is 1. The summed E-state index contributed by atoms with van der Waals surface area (Å²) in [6.07, 6.45) is 1.39. The fourth-order valence-corrected chi connectivity index (χ4v) is 2.86. The summed E-state index contributed by atoms with van der Waals surface area (Å²) in [6.45, 7) is 16.4. The van der Waals surface area contributed by atoms with Gasteiger partial charge in [-0.1, -0.05) is 27.7 Å². The summed E-state index contributed by atoms with van der Waals surface area (Å²) in [5.41, 5.74) is 0. The van der Waals surface area contributed by atoms with Gasteiger partial charge < -0.3 is 5.32 Å². The Morgan fingerprint density at radius 1 is 1.19 bits per heavy atom. The maximum atomic E-state index is 3.55. The Labute approximate surface area is 102 Å². The summed E-state index contributed by atoms with van der Waals surface area (Å²) in [4.78, 5) is 2.69. The zero-order valence-corrected chi connectivity index (χ0v) is 12.0. The van der Waals surface area contributed by atoms with Gasteiger partial charge in [-0.05, 0) is 32.1 Å². The van der Waals surface area contributed by atoms with Crippen LogP contribution in [0.4, 0.5) is 0 Å². The number of nitrogens with one attached hydrogen (secondary N) is 1. The van der Waals surface area contributed by atoms with Gasteiger partial charge in [-0.15, -0.1) is 0 Å². The van der Waals surface area contributed by atoms with Gasteiger partial charge in [0.1, 0.15) is 0 Å². The van der Waals surface area contributed by atoms with Gasteiger partial charge in [0.05, 0.1) is 0 Å². The first-order valence-electron chi connectivity index (χ1n) is 6.91. The van der Waals surface area contributed by atoms with Crippen LogP contribution in [0.25, 0.3) is 0 Å². The lowest BCUT2D eigenvalue weighted by atomic mass is 9.85. The summed E-state index contributed by atoms with van der Waals surface area (Å²) in [5.74, 6) is 1.69. The van der Waals surface area contributed by atoms with Crippen LogP contribution in [0.5, 0.6) is 0 Å². The Morgan fingerprint density at radius 3 is 2.38 bits per heavy atom. The first-order chi connectivity index (χ1) is 7.41. The Kier molecular flexibility index (Phi) is 5.26. The molecule has 0 bridgehead atoms. The zero-order chi connectivity index (χ0) is 12.3. The molecule has 1 heterocycles. The van der Waals surface area contributed by atoms with E-state index in [1.807, 2.05) is 0 Å². The van der Waals surface area contributed by atoms with Crippen molar-refractivity contribution in [1.82, 2.24) is 10.2 Å². The van der Waals surface area contributed by atoms with Gasteiger partial charge in [-0.25, -0.2) is 0 Å². The zero-order valence-electron chi connectivity index (χ0n) is 12.0. The van der Waals surface area contributed by atoms with Crippen molar-refractivity contribution in [1.29, 1.82) is 0 Å². The number of nitrogens with zero attached hydrogens (tertiary/aromatic N) is 1. The van der Waals surface area contributed by atoms with Gasteiger partial charge in [-0.2, -0.15) is 0 Å². The largest absolute Gasteiger partial charge is 0.313 e. The minimum atomic E-state index is 0.595. The Bertz CT molecular complexity index is 203. The summed E-state index contributed by atoms with van der Waals surface area (Å²) in [5, 5.41) is 3.55. The molecule has 1 rings (SSSR count). The van der Waals surface area contributed by atoms with Crippen molar-refractivity contribution >= 4 is 0 Å². The lowest BCUT2D eigenvalue weighted by molar-refractivity contribution is 0.0459. The van der Waals surface area contributed by atoms with E-state index < -0.39 is 0 Å². The monoisotopic (exact) mass is 226 g/mol. The molecule has 1 aliphatic heterocycles. The molecule has 1 fully saturated rings. The molecule has 1 aliphatic rings. The van der Waals surface area contributed by atoms with Crippen molar-refractivity contribution in [3.63, 3.8) is 0 Å². The van der Waals surface area contributed by atoms with Crippen LogP contribution in [-0.2, 0) is 0 Å². The molecule has 0 aromatic rings. The first kappa shape index (κ1) is 14.0. The molecule has 0 aliphatic carbocycles. The van der Waals surface area contributed by atoms with Crippen LogP contribution in [0.2, 0.25) is 0 Å². The number of hydrogen-bond acceptors (Lipinski definition) is 2. The first-order valence-corrected chi connectivity index (χ1v) is 6.91. The SMILES string of the molecule is CC1CC(C)C(C)N(C(C)CNC(C)C)C1. The lowest BCUT2D eigenvalue weighted by Crippen LogP contribution is -2.53. The van der Waals surface area contributed by atoms with E-state index in [9.17, 15) is 0 Å². The summed E-state index contributed by atoms with van der Waals surface area (Å²) in [7, 11) is 0. The van der Waals surface area contributed by atoms with Gasteiger partial charge in [-0.3, -0.25) is 4.90 Å². The molecule has 16 heavy (non-hydrogen) atoms. The molecule has 0 radical (unpaired) electrons.